The van der Waals surface area contributed by atoms with E-state index in [0.29, 0.717) is 5.75 Å². The van der Waals surface area contributed by atoms with Crippen molar-refractivity contribution in [2.24, 2.45) is 0 Å². The number of rotatable bonds is 3. The van der Waals surface area contributed by atoms with Gasteiger partial charge in [0.15, 0.2) is 0 Å². The molecule has 0 bridgehead atoms. The van der Waals surface area contributed by atoms with Crippen LogP contribution in [0.15, 0.2) is 30.3 Å². The Morgan fingerprint density at radius 1 is 1.14 bits per heavy atom. The normalized spacial score (nSPS) is 14.6. The molecule has 1 aliphatic rings. The molecule has 3 rings (SSSR count). The van der Waals surface area contributed by atoms with Gasteiger partial charge in [0.2, 0.25) is 0 Å². The highest BCUT2D eigenvalue weighted by Crippen LogP contribution is 2.30. The Bertz CT molecular complexity index is 637. The largest absolute Gasteiger partial charge is 0.495 e. The third-order valence-electron chi connectivity index (χ3n) is 4.08. The molecule has 0 fully saturated rings. The number of aryl methyl sites for hydroxylation is 2. The predicted octanol–water partition coefficient (Wildman–Crippen LogP) is 4.67. The Hall–Kier alpha value is -1.81. The van der Waals surface area contributed by atoms with Crippen LogP contribution in [0.2, 0.25) is 0 Å². The first kappa shape index (κ1) is 15.1. The number of fused-ring (bicyclic) bond motifs is 1. The number of anilines is 1. The number of methoxy groups -OCH3 is 1. The van der Waals surface area contributed by atoms with Crippen molar-refractivity contribution in [1.29, 1.82) is 0 Å². The molecule has 0 spiro atoms. The summed E-state index contributed by atoms with van der Waals surface area (Å²) in [7, 11) is 1.61. The molecule has 4 heteroatoms. The second kappa shape index (κ2) is 6.97. The van der Waals surface area contributed by atoms with Crippen molar-refractivity contribution in [2.75, 3.05) is 12.4 Å². The van der Waals surface area contributed by atoms with Gasteiger partial charge >= 0.3 is 0 Å². The maximum atomic E-state index is 12.5. The quantitative estimate of drug-likeness (QED) is 0.894. The van der Waals surface area contributed by atoms with Gasteiger partial charge < -0.3 is 10.1 Å². The van der Waals surface area contributed by atoms with Crippen molar-refractivity contribution in [3.05, 3.63) is 45.6 Å². The minimum absolute atomic E-state index is 0.0405. The van der Waals surface area contributed by atoms with Crippen LogP contribution < -0.4 is 10.1 Å². The summed E-state index contributed by atoms with van der Waals surface area (Å²) in [6.07, 6.45) is 7.30. The molecule has 2 aromatic rings. The van der Waals surface area contributed by atoms with Crippen molar-refractivity contribution in [1.82, 2.24) is 0 Å². The molecule has 0 atom stereocenters. The number of benzene rings is 1. The van der Waals surface area contributed by atoms with Gasteiger partial charge in [-0.25, -0.2) is 0 Å². The van der Waals surface area contributed by atoms with Gasteiger partial charge in [0, 0.05) is 4.88 Å². The van der Waals surface area contributed by atoms with E-state index in [-0.39, 0.29) is 5.91 Å². The average molecular weight is 315 g/mol. The average Bonchev–Trinajstić information content (AvgIpc) is 2.90. The van der Waals surface area contributed by atoms with Gasteiger partial charge in [-0.15, -0.1) is 11.3 Å². The van der Waals surface area contributed by atoms with E-state index >= 15 is 0 Å². The van der Waals surface area contributed by atoms with Crippen LogP contribution in [-0.4, -0.2) is 13.0 Å². The van der Waals surface area contributed by atoms with E-state index in [0.717, 1.165) is 23.4 Å². The van der Waals surface area contributed by atoms with Crippen LogP contribution in [0.1, 0.15) is 45.8 Å². The standard InChI is InChI=1S/C18H21NO2S/c1-21-15-10-7-6-9-14(15)19-18(20)17-12-13-8-4-2-3-5-11-16(13)22-17/h6-7,9-10,12H,2-5,8,11H2,1H3,(H,19,20). The topological polar surface area (TPSA) is 38.3 Å². The molecule has 22 heavy (non-hydrogen) atoms. The van der Waals surface area contributed by atoms with E-state index in [9.17, 15) is 4.79 Å². The monoisotopic (exact) mass is 315 g/mol. The molecule has 1 heterocycles. The molecule has 1 N–H and O–H groups in total. The van der Waals surface area contributed by atoms with Gasteiger partial charge in [0.05, 0.1) is 17.7 Å². The number of hydrogen-bond acceptors (Lipinski definition) is 3. The summed E-state index contributed by atoms with van der Waals surface area (Å²) in [6.45, 7) is 0. The molecule has 1 aromatic heterocycles. The zero-order chi connectivity index (χ0) is 15.4. The van der Waals surface area contributed by atoms with E-state index in [1.54, 1.807) is 18.4 Å². The van der Waals surface area contributed by atoms with Crippen LogP contribution in [0.25, 0.3) is 0 Å². The Morgan fingerprint density at radius 2 is 1.91 bits per heavy atom. The van der Waals surface area contributed by atoms with Gasteiger partial charge in [0.25, 0.3) is 5.91 Å². The van der Waals surface area contributed by atoms with E-state index in [4.69, 9.17) is 4.74 Å². The zero-order valence-electron chi connectivity index (χ0n) is 12.9. The lowest BCUT2D eigenvalue weighted by Gasteiger charge is -2.08. The summed E-state index contributed by atoms with van der Waals surface area (Å²) >= 11 is 1.65. The molecule has 3 nitrogen and oxygen atoms in total. The van der Waals surface area contributed by atoms with Crippen LogP contribution in [0.3, 0.4) is 0 Å². The van der Waals surface area contributed by atoms with Crippen molar-refractivity contribution in [3.63, 3.8) is 0 Å². The Balaban J connectivity index is 1.79. The highest BCUT2D eigenvalue weighted by atomic mass is 32.1. The SMILES string of the molecule is COc1ccccc1NC(=O)c1cc2c(s1)CCCCCC2. The van der Waals surface area contributed by atoms with Crippen LogP contribution in [-0.2, 0) is 12.8 Å². The van der Waals surface area contributed by atoms with Gasteiger partial charge in [0.1, 0.15) is 5.75 Å². The van der Waals surface area contributed by atoms with E-state index in [2.05, 4.69) is 11.4 Å². The fourth-order valence-corrected chi connectivity index (χ4v) is 4.04. The van der Waals surface area contributed by atoms with Crippen LogP contribution >= 0.6 is 11.3 Å². The summed E-state index contributed by atoms with van der Waals surface area (Å²) in [4.78, 5) is 14.7. The Labute approximate surface area is 135 Å². The zero-order valence-corrected chi connectivity index (χ0v) is 13.7. The van der Waals surface area contributed by atoms with Gasteiger partial charge in [-0.05, 0) is 49.4 Å². The van der Waals surface area contributed by atoms with Gasteiger partial charge in [-0.3, -0.25) is 4.79 Å². The number of carbonyl (C=O) groups is 1. The predicted molar refractivity (Wildman–Crippen MR) is 91.1 cm³/mol. The van der Waals surface area contributed by atoms with Crippen LogP contribution in [0.4, 0.5) is 5.69 Å². The maximum absolute atomic E-state index is 12.5. The van der Waals surface area contributed by atoms with Gasteiger partial charge in [-0.1, -0.05) is 25.0 Å². The smallest absolute Gasteiger partial charge is 0.265 e. The first-order valence-electron chi connectivity index (χ1n) is 7.84. The Morgan fingerprint density at radius 3 is 2.73 bits per heavy atom. The lowest BCUT2D eigenvalue weighted by atomic mass is 10.00. The summed E-state index contributed by atoms with van der Waals surface area (Å²) < 4.78 is 5.29. The summed E-state index contributed by atoms with van der Waals surface area (Å²) in [5, 5.41) is 2.96. The highest BCUT2D eigenvalue weighted by Gasteiger charge is 2.16. The van der Waals surface area contributed by atoms with Crippen molar-refractivity contribution < 1.29 is 9.53 Å². The number of amides is 1. The van der Waals surface area contributed by atoms with Crippen molar-refractivity contribution >= 4 is 22.9 Å². The van der Waals surface area contributed by atoms with Crippen LogP contribution in [0, 0.1) is 0 Å². The molecule has 0 unspecified atom stereocenters. The molecule has 116 valence electrons. The Kier molecular flexibility index (Phi) is 4.78. The fraction of sp³-hybridized carbons (Fsp3) is 0.389. The number of ether oxygens (including phenoxy) is 1. The first-order valence-corrected chi connectivity index (χ1v) is 8.65. The minimum atomic E-state index is -0.0405. The molecule has 0 aliphatic heterocycles. The molecular weight excluding hydrogens is 294 g/mol. The molecule has 1 aliphatic carbocycles. The lowest BCUT2D eigenvalue weighted by Crippen LogP contribution is -2.11. The molecule has 0 saturated carbocycles. The number of carbonyl (C=O) groups excluding carboxylic acids is 1. The number of para-hydroxylation sites is 2. The maximum Gasteiger partial charge on any atom is 0.265 e. The summed E-state index contributed by atoms with van der Waals surface area (Å²) in [5.74, 6) is 0.645. The van der Waals surface area contributed by atoms with E-state index in [1.807, 2.05) is 24.3 Å². The molecule has 0 radical (unpaired) electrons. The van der Waals surface area contributed by atoms with Gasteiger partial charge in [-0.2, -0.15) is 0 Å². The second-order valence-corrected chi connectivity index (χ2v) is 6.76. The first-order chi connectivity index (χ1) is 10.8. The minimum Gasteiger partial charge on any atom is -0.495 e. The number of hydrogen-bond donors (Lipinski definition) is 1. The number of thiophene rings is 1. The molecular formula is C18H21NO2S. The fourth-order valence-electron chi connectivity index (χ4n) is 2.89. The lowest BCUT2D eigenvalue weighted by molar-refractivity contribution is 0.103. The third-order valence-corrected chi connectivity index (χ3v) is 5.31. The second-order valence-electron chi connectivity index (χ2n) is 5.63. The molecule has 1 amide bonds. The highest BCUT2D eigenvalue weighted by molar-refractivity contribution is 7.14. The summed E-state index contributed by atoms with van der Waals surface area (Å²) in [6, 6.07) is 9.58. The van der Waals surface area contributed by atoms with Crippen molar-refractivity contribution in [3.8, 4) is 5.75 Å². The molecule has 1 aromatic carbocycles. The van der Waals surface area contributed by atoms with E-state index < -0.39 is 0 Å². The van der Waals surface area contributed by atoms with Crippen LogP contribution in [0.5, 0.6) is 5.75 Å². The van der Waals surface area contributed by atoms with E-state index in [1.165, 1.54) is 36.1 Å². The van der Waals surface area contributed by atoms with Crippen molar-refractivity contribution in [2.45, 2.75) is 38.5 Å². The number of nitrogens with one attached hydrogen (secondary N) is 1. The molecule has 0 saturated heterocycles. The third kappa shape index (κ3) is 3.33. The summed E-state index contributed by atoms with van der Waals surface area (Å²) in [5.41, 5.74) is 2.09.